The van der Waals surface area contributed by atoms with Crippen molar-refractivity contribution >= 4 is 28.9 Å². The van der Waals surface area contributed by atoms with Gasteiger partial charge in [-0.15, -0.1) is 0 Å². The summed E-state index contributed by atoms with van der Waals surface area (Å²) < 4.78 is 61.7. The van der Waals surface area contributed by atoms with Gasteiger partial charge in [0, 0.05) is 17.7 Å². The van der Waals surface area contributed by atoms with Crippen molar-refractivity contribution in [3.05, 3.63) is 65.0 Å². The third-order valence-corrected chi connectivity index (χ3v) is 6.82. The van der Waals surface area contributed by atoms with Crippen LogP contribution in [0.15, 0.2) is 57.9 Å². The lowest BCUT2D eigenvalue weighted by Gasteiger charge is -2.30. The molecule has 0 radical (unpaired) electrons. The lowest BCUT2D eigenvalue weighted by Crippen LogP contribution is -2.44. The first-order valence-electron chi connectivity index (χ1n) is 11.5. The van der Waals surface area contributed by atoms with E-state index in [1.807, 2.05) is 0 Å². The number of anilines is 1. The van der Waals surface area contributed by atoms with E-state index in [-0.39, 0.29) is 11.5 Å². The van der Waals surface area contributed by atoms with Gasteiger partial charge in [0.1, 0.15) is 17.4 Å². The summed E-state index contributed by atoms with van der Waals surface area (Å²) in [6.45, 7) is 4.49. The fourth-order valence-electron chi connectivity index (χ4n) is 4.58. The molecule has 3 heterocycles. The molecule has 1 amide bonds. The van der Waals surface area contributed by atoms with Crippen LogP contribution in [0.3, 0.4) is 0 Å². The Morgan fingerprint density at radius 1 is 1.27 bits per heavy atom. The van der Waals surface area contributed by atoms with E-state index >= 15 is 4.39 Å². The molecule has 2 aromatic rings. The molecular formula is C25H23F4N5O2S. The van der Waals surface area contributed by atoms with Crippen LogP contribution in [0.25, 0.3) is 0 Å². The molecule has 0 spiro atoms. The zero-order chi connectivity index (χ0) is 27.1. The number of amides is 1. The number of alkyl halides is 3. The summed E-state index contributed by atoms with van der Waals surface area (Å²) in [5.74, 6) is -2.66. The monoisotopic (exact) mass is 533 g/mol. The molecule has 2 aromatic heterocycles. The maximum atomic E-state index is 15.3. The Bertz CT molecular complexity index is 1320. The van der Waals surface area contributed by atoms with E-state index < -0.39 is 46.2 Å². The Labute approximate surface area is 216 Å². The van der Waals surface area contributed by atoms with Crippen molar-refractivity contribution in [3.63, 3.8) is 0 Å². The van der Waals surface area contributed by atoms with E-state index in [1.165, 1.54) is 30.4 Å². The van der Waals surface area contributed by atoms with Crippen LogP contribution in [0, 0.1) is 17.2 Å². The molecule has 4 rings (SSSR count). The van der Waals surface area contributed by atoms with Gasteiger partial charge in [-0.3, -0.25) is 14.7 Å². The fraction of sp³-hybridized carbons (Fsp3) is 0.400. The summed E-state index contributed by atoms with van der Waals surface area (Å²) in [6.07, 6.45) is 1.24. The minimum absolute atomic E-state index is 0.160. The highest BCUT2D eigenvalue weighted by Gasteiger charge is 2.54. The molecule has 2 aliphatic rings. The van der Waals surface area contributed by atoms with Crippen molar-refractivity contribution in [2.75, 3.05) is 4.90 Å². The number of allylic oxidation sites excluding steroid dienone is 4. The van der Waals surface area contributed by atoms with Crippen LogP contribution in [0.2, 0.25) is 0 Å². The van der Waals surface area contributed by atoms with Crippen LogP contribution >= 0.6 is 12.2 Å². The molecule has 0 N–H and O–H groups in total. The van der Waals surface area contributed by atoms with Crippen LogP contribution in [0.4, 0.5) is 23.2 Å². The summed E-state index contributed by atoms with van der Waals surface area (Å²) in [7, 11) is 0. The zero-order valence-electron chi connectivity index (χ0n) is 20.3. The van der Waals surface area contributed by atoms with Crippen molar-refractivity contribution in [2.24, 2.45) is 5.92 Å². The summed E-state index contributed by atoms with van der Waals surface area (Å²) in [5.41, 5.74) is -2.96. The topological polar surface area (TPSA) is 86.3 Å². The third kappa shape index (κ3) is 4.75. The van der Waals surface area contributed by atoms with Crippen LogP contribution in [-0.4, -0.2) is 37.6 Å². The van der Waals surface area contributed by atoms with Gasteiger partial charge < -0.3 is 9.32 Å². The minimum atomic E-state index is -5.11. The highest BCUT2D eigenvalue weighted by atomic mass is 32.1. The average molecular weight is 534 g/mol. The fourth-order valence-corrected chi connectivity index (χ4v) is 5.11. The molecular weight excluding hydrogens is 510 g/mol. The van der Waals surface area contributed by atoms with E-state index in [0.29, 0.717) is 24.4 Å². The number of carbonyl (C=O) groups is 1. The number of aromatic nitrogens is 2. The van der Waals surface area contributed by atoms with E-state index in [1.54, 1.807) is 32.2 Å². The molecule has 7 nitrogen and oxygen atoms in total. The number of carbonyl (C=O) groups excluding carboxylic acids is 1. The van der Waals surface area contributed by atoms with E-state index in [9.17, 15) is 23.2 Å². The maximum absolute atomic E-state index is 15.3. The predicted octanol–water partition coefficient (Wildman–Crippen LogP) is 5.56. The smallest absolute Gasteiger partial charge is 0.420 e. The molecule has 1 aliphatic carbocycles. The van der Waals surface area contributed by atoms with Crippen molar-refractivity contribution in [2.45, 2.75) is 58.2 Å². The third-order valence-electron chi connectivity index (χ3n) is 6.45. The molecule has 12 heteroatoms. The first-order chi connectivity index (χ1) is 17.4. The number of hydrogen-bond donors (Lipinski definition) is 0. The summed E-state index contributed by atoms with van der Waals surface area (Å²) >= 11 is 5.50. The summed E-state index contributed by atoms with van der Waals surface area (Å²) in [4.78, 5) is 24.2. The minimum Gasteiger partial charge on any atom is -0.449 e. The van der Waals surface area contributed by atoms with E-state index in [4.69, 9.17) is 16.6 Å². The second kappa shape index (κ2) is 9.70. The Morgan fingerprint density at radius 2 is 2.00 bits per heavy atom. The largest absolute Gasteiger partial charge is 0.449 e. The van der Waals surface area contributed by atoms with Crippen LogP contribution in [-0.2, 0) is 17.6 Å². The number of nitriles is 1. The molecule has 0 bridgehead atoms. The predicted molar refractivity (Wildman–Crippen MR) is 129 cm³/mol. The second-order valence-corrected chi connectivity index (χ2v) is 9.73. The van der Waals surface area contributed by atoms with Gasteiger partial charge in [-0.25, -0.2) is 9.37 Å². The van der Waals surface area contributed by atoms with Crippen LogP contribution in [0.5, 0.6) is 0 Å². The Hall–Kier alpha value is -3.59. The van der Waals surface area contributed by atoms with Gasteiger partial charge in [0.2, 0.25) is 0 Å². The molecule has 1 fully saturated rings. The van der Waals surface area contributed by atoms with E-state index in [2.05, 4.69) is 9.97 Å². The average Bonchev–Trinajstić information content (AvgIpc) is 3.40. The molecule has 1 unspecified atom stereocenters. The number of oxazole rings is 1. The quantitative estimate of drug-likeness (QED) is 0.355. The molecule has 0 aromatic carbocycles. The Morgan fingerprint density at radius 3 is 2.57 bits per heavy atom. The molecule has 194 valence electrons. The Balaban J connectivity index is 1.62. The lowest BCUT2D eigenvalue weighted by atomic mass is 9.85. The van der Waals surface area contributed by atoms with Gasteiger partial charge in [-0.05, 0) is 63.4 Å². The molecule has 0 saturated carbocycles. The van der Waals surface area contributed by atoms with Gasteiger partial charge >= 0.3 is 6.18 Å². The standard InChI is InChI=1S/C25H23F4N5O2S/c1-14-11-18(21(26)20(17(14)12-30)25(27,28)29)33-22(35)24(2,3)34(23(33)37)16-8-7-15(32-13-16)5-4-6-19-31-9-10-36-19/h7-10,13-14H,4-6,11H2,1-3H3. The van der Waals surface area contributed by atoms with E-state index in [0.717, 1.165) is 17.0 Å². The normalized spacial score (nSPS) is 20.2. The molecule has 1 saturated heterocycles. The van der Waals surface area contributed by atoms with Crippen molar-refractivity contribution in [1.82, 2.24) is 14.9 Å². The number of rotatable bonds is 6. The number of pyridine rings is 1. The van der Waals surface area contributed by atoms with Gasteiger partial charge in [0.15, 0.2) is 16.8 Å². The molecule has 1 aliphatic heterocycles. The van der Waals surface area contributed by atoms with Gasteiger partial charge in [0.25, 0.3) is 5.91 Å². The van der Waals surface area contributed by atoms with Crippen LogP contribution in [0.1, 0.15) is 45.2 Å². The van der Waals surface area contributed by atoms with Crippen molar-refractivity contribution in [1.29, 1.82) is 5.26 Å². The first-order valence-corrected chi connectivity index (χ1v) is 11.9. The highest BCUT2D eigenvalue weighted by Crippen LogP contribution is 2.46. The van der Waals surface area contributed by atoms with Gasteiger partial charge in [0.05, 0.1) is 29.8 Å². The highest BCUT2D eigenvalue weighted by molar-refractivity contribution is 7.80. The summed E-state index contributed by atoms with van der Waals surface area (Å²) in [6, 6.07) is 4.95. The van der Waals surface area contributed by atoms with Gasteiger partial charge in [-0.2, -0.15) is 18.4 Å². The number of aryl methyl sites for hydroxylation is 2. The number of thiocarbonyl (C=S) groups is 1. The van der Waals surface area contributed by atoms with Crippen molar-refractivity contribution < 1.29 is 26.8 Å². The number of hydrogen-bond acceptors (Lipinski definition) is 6. The summed E-state index contributed by atoms with van der Waals surface area (Å²) in [5, 5.41) is 9.08. The number of halogens is 4. The number of nitrogens with zero attached hydrogens (tertiary/aromatic N) is 5. The maximum Gasteiger partial charge on any atom is 0.420 e. The van der Waals surface area contributed by atoms with Crippen molar-refractivity contribution in [3.8, 4) is 6.07 Å². The second-order valence-electron chi connectivity index (χ2n) is 9.37. The van der Waals surface area contributed by atoms with Gasteiger partial charge in [-0.1, -0.05) is 6.92 Å². The van der Waals surface area contributed by atoms with Crippen LogP contribution < -0.4 is 4.90 Å². The SMILES string of the molecule is CC1CC(N2C(=O)C(C)(C)N(c3ccc(CCCc4ncco4)nc3)C2=S)=C(F)C(C(F)(F)F)=C1C#N. The zero-order valence-corrected chi connectivity index (χ0v) is 21.1. The Kier molecular flexibility index (Phi) is 6.94. The first kappa shape index (κ1) is 26.5. The lowest BCUT2D eigenvalue weighted by molar-refractivity contribution is -0.128. The molecule has 1 atom stereocenters. The molecule has 37 heavy (non-hydrogen) atoms.